The summed E-state index contributed by atoms with van der Waals surface area (Å²) in [5.41, 5.74) is 5.67. The molecular formula is C32H37N3O4. The number of carboxylic acid groups (broad SMARTS) is 1. The molecule has 0 spiro atoms. The van der Waals surface area contributed by atoms with Crippen LogP contribution in [0, 0.1) is 0 Å². The summed E-state index contributed by atoms with van der Waals surface area (Å²) >= 11 is 0. The molecule has 0 saturated heterocycles. The van der Waals surface area contributed by atoms with Crippen LogP contribution in [0.25, 0.3) is 11.1 Å². The molecule has 1 heterocycles. The summed E-state index contributed by atoms with van der Waals surface area (Å²) in [6.07, 6.45) is 2.96. The first kappa shape index (κ1) is 28.0. The molecule has 0 fully saturated rings. The van der Waals surface area contributed by atoms with Crippen molar-refractivity contribution in [3.05, 3.63) is 89.0 Å². The van der Waals surface area contributed by atoms with E-state index in [2.05, 4.69) is 74.3 Å². The standard InChI is InChI=1S/C32H37N3O4/c1-21(17-23-11-15-27(16-12-23)32(2,3)4)35-29(33-34-31(35)38)8-6-7-22-9-13-24(14-10-22)25-18-26(30(36)37)20-28(19-25)39-5/h9-16,18-21,29H,6-8,17H2,1-5H3,(H,36,37). The Labute approximate surface area is 230 Å². The summed E-state index contributed by atoms with van der Waals surface area (Å²) in [6.45, 7) is 8.67. The molecule has 0 saturated carbocycles. The van der Waals surface area contributed by atoms with Crippen LogP contribution in [-0.4, -0.2) is 41.3 Å². The summed E-state index contributed by atoms with van der Waals surface area (Å²) < 4.78 is 5.27. The number of azo groups is 1. The minimum atomic E-state index is -0.990. The fraction of sp³-hybridized carbons (Fsp3) is 0.375. The minimum absolute atomic E-state index is 0.00386. The third-order valence-electron chi connectivity index (χ3n) is 7.25. The molecule has 1 aliphatic heterocycles. The second kappa shape index (κ2) is 11.8. The summed E-state index contributed by atoms with van der Waals surface area (Å²) in [6, 6.07) is 21.5. The van der Waals surface area contributed by atoms with E-state index in [4.69, 9.17) is 4.74 Å². The molecule has 3 aromatic carbocycles. The van der Waals surface area contributed by atoms with Crippen molar-refractivity contribution in [2.75, 3.05) is 7.11 Å². The van der Waals surface area contributed by atoms with E-state index < -0.39 is 5.97 Å². The predicted octanol–water partition coefficient (Wildman–Crippen LogP) is 7.53. The number of hydrogen-bond acceptors (Lipinski definition) is 4. The van der Waals surface area contributed by atoms with Crippen LogP contribution in [0.3, 0.4) is 0 Å². The molecule has 204 valence electrons. The van der Waals surface area contributed by atoms with Gasteiger partial charge in [-0.05, 0) is 84.0 Å². The zero-order valence-corrected chi connectivity index (χ0v) is 23.3. The van der Waals surface area contributed by atoms with Crippen molar-refractivity contribution in [1.29, 1.82) is 0 Å². The second-order valence-electron chi connectivity index (χ2n) is 11.2. The molecule has 39 heavy (non-hydrogen) atoms. The molecule has 2 amide bonds. The SMILES string of the molecule is COc1cc(C(=O)O)cc(-c2ccc(CCCC3N=NC(=O)N3C(C)Cc3ccc(C(C)(C)C)cc3)cc2)c1. The highest BCUT2D eigenvalue weighted by Crippen LogP contribution is 2.28. The maximum Gasteiger partial charge on any atom is 0.363 e. The normalized spacial score (nSPS) is 16.0. The summed E-state index contributed by atoms with van der Waals surface area (Å²) in [5, 5.41) is 17.5. The van der Waals surface area contributed by atoms with Crippen molar-refractivity contribution in [3.8, 4) is 16.9 Å². The molecule has 2 unspecified atom stereocenters. The average molecular weight is 528 g/mol. The number of carbonyl (C=O) groups excluding carboxylic acids is 1. The van der Waals surface area contributed by atoms with Crippen LogP contribution >= 0.6 is 0 Å². The van der Waals surface area contributed by atoms with Crippen LogP contribution in [0.5, 0.6) is 5.75 Å². The molecule has 7 heteroatoms. The number of carbonyl (C=O) groups is 2. The molecule has 4 rings (SSSR count). The molecule has 7 nitrogen and oxygen atoms in total. The van der Waals surface area contributed by atoms with E-state index in [1.54, 1.807) is 6.07 Å². The number of methoxy groups -OCH3 is 1. The van der Waals surface area contributed by atoms with E-state index >= 15 is 0 Å². The van der Waals surface area contributed by atoms with Gasteiger partial charge in [-0.25, -0.2) is 9.59 Å². The first-order valence-corrected chi connectivity index (χ1v) is 13.4. The van der Waals surface area contributed by atoms with Crippen LogP contribution in [0.1, 0.15) is 67.6 Å². The van der Waals surface area contributed by atoms with Crippen molar-refractivity contribution < 1.29 is 19.4 Å². The maximum absolute atomic E-state index is 12.5. The van der Waals surface area contributed by atoms with Crippen LogP contribution in [0.15, 0.2) is 77.0 Å². The van der Waals surface area contributed by atoms with Crippen molar-refractivity contribution >= 4 is 12.0 Å². The molecule has 1 aliphatic rings. The Balaban J connectivity index is 1.34. The Hall–Kier alpha value is -4.00. The molecule has 3 aromatic rings. The smallest absolute Gasteiger partial charge is 0.363 e. The van der Waals surface area contributed by atoms with Gasteiger partial charge in [0.05, 0.1) is 12.7 Å². The van der Waals surface area contributed by atoms with Gasteiger partial charge in [0.25, 0.3) is 0 Å². The Morgan fingerprint density at radius 3 is 2.28 bits per heavy atom. The van der Waals surface area contributed by atoms with Gasteiger partial charge in [0, 0.05) is 6.04 Å². The van der Waals surface area contributed by atoms with E-state index in [0.29, 0.717) is 5.75 Å². The van der Waals surface area contributed by atoms with Gasteiger partial charge in [-0.1, -0.05) is 74.4 Å². The monoisotopic (exact) mass is 527 g/mol. The molecular weight excluding hydrogens is 490 g/mol. The molecule has 0 radical (unpaired) electrons. The van der Waals surface area contributed by atoms with Crippen molar-refractivity contribution in [3.63, 3.8) is 0 Å². The van der Waals surface area contributed by atoms with E-state index in [1.165, 1.54) is 29.9 Å². The Bertz CT molecular complexity index is 1340. The number of urea groups is 1. The van der Waals surface area contributed by atoms with Crippen LogP contribution in [0.4, 0.5) is 4.79 Å². The first-order chi connectivity index (χ1) is 18.5. The lowest BCUT2D eigenvalue weighted by atomic mass is 9.86. The number of rotatable bonds is 10. The first-order valence-electron chi connectivity index (χ1n) is 13.4. The zero-order chi connectivity index (χ0) is 28.2. The van der Waals surface area contributed by atoms with Crippen LogP contribution in [0.2, 0.25) is 0 Å². The molecule has 0 bridgehead atoms. The highest BCUT2D eigenvalue weighted by Gasteiger charge is 2.33. The van der Waals surface area contributed by atoms with Gasteiger partial charge in [-0.2, -0.15) is 5.11 Å². The van der Waals surface area contributed by atoms with E-state index in [1.807, 2.05) is 23.1 Å². The van der Waals surface area contributed by atoms with Gasteiger partial charge >= 0.3 is 12.0 Å². The topological polar surface area (TPSA) is 91.6 Å². The number of amides is 2. The minimum Gasteiger partial charge on any atom is -0.497 e. The van der Waals surface area contributed by atoms with Crippen molar-refractivity contribution in [2.24, 2.45) is 10.2 Å². The number of nitrogens with zero attached hydrogens (tertiary/aromatic N) is 3. The lowest BCUT2D eigenvalue weighted by Crippen LogP contribution is -2.41. The highest BCUT2D eigenvalue weighted by molar-refractivity contribution is 5.90. The zero-order valence-electron chi connectivity index (χ0n) is 23.3. The highest BCUT2D eigenvalue weighted by atomic mass is 16.5. The number of benzene rings is 3. The number of aromatic carboxylic acids is 1. The van der Waals surface area contributed by atoms with E-state index in [-0.39, 0.29) is 29.2 Å². The molecule has 0 aromatic heterocycles. The fourth-order valence-corrected chi connectivity index (χ4v) is 4.97. The van der Waals surface area contributed by atoms with Gasteiger partial charge in [-0.3, -0.25) is 4.90 Å². The molecule has 1 N–H and O–H groups in total. The average Bonchev–Trinajstić information content (AvgIpc) is 3.28. The summed E-state index contributed by atoms with van der Waals surface area (Å²) in [4.78, 5) is 25.8. The van der Waals surface area contributed by atoms with Crippen molar-refractivity contribution in [2.45, 2.75) is 71.0 Å². The number of ether oxygens (including phenoxy) is 1. The van der Waals surface area contributed by atoms with E-state index in [0.717, 1.165) is 36.8 Å². The Morgan fingerprint density at radius 2 is 1.67 bits per heavy atom. The van der Waals surface area contributed by atoms with Crippen LogP contribution < -0.4 is 4.74 Å². The largest absolute Gasteiger partial charge is 0.497 e. The third kappa shape index (κ3) is 6.91. The Kier molecular flexibility index (Phi) is 8.48. The Morgan fingerprint density at radius 1 is 1.00 bits per heavy atom. The van der Waals surface area contributed by atoms with Gasteiger partial charge in [-0.15, -0.1) is 0 Å². The number of carboxylic acids is 1. The third-order valence-corrected chi connectivity index (χ3v) is 7.25. The summed E-state index contributed by atoms with van der Waals surface area (Å²) in [7, 11) is 1.53. The lowest BCUT2D eigenvalue weighted by Gasteiger charge is -2.28. The van der Waals surface area contributed by atoms with Gasteiger partial charge in [0.2, 0.25) is 0 Å². The summed E-state index contributed by atoms with van der Waals surface area (Å²) in [5.74, 6) is -0.480. The predicted molar refractivity (Wildman–Crippen MR) is 153 cm³/mol. The number of aryl methyl sites for hydroxylation is 1. The van der Waals surface area contributed by atoms with Gasteiger partial charge in [0.15, 0.2) is 0 Å². The molecule has 2 atom stereocenters. The van der Waals surface area contributed by atoms with Crippen molar-refractivity contribution in [1.82, 2.24) is 4.90 Å². The quantitative estimate of drug-likeness (QED) is 0.295. The number of hydrogen-bond donors (Lipinski definition) is 1. The maximum atomic E-state index is 12.5. The molecule has 0 aliphatic carbocycles. The van der Waals surface area contributed by atoms with E-state index in [9.17, 15) is 14.7 Å². The van der Waals surface area contributed by atoms with Crippen LogP contribution in [-0.2, 0) is 18.3 Å². The fourth-order valence-electron chi connectivity index (χ4n) is 4.97. The second-order valence-corrected chi connectivity index (χ2v) is 11.2. The lowest BCUT2D eigenvalue weighted by molar-refractivity contribution is 0.0696. The van der Waals surface area contributed by atoms with Gasteiger partial charge < -0.3 is 9.84 Å². The van der Waals surface area contributed by atoms with Gasteiger partial charge in [0.1, 0.15) is 11.9 Å².